The molecule has 0 spiro atoms. The second-order valence-electron chi connectivity index (χ2n) is 23.7. The normalized spacial score (nSPS) is 12.9. The first-order valence-corrected chi connectivity index (χ1v) is 26.2. The molecule has 5 heteroatoms. The maximum Gasteiger partial charge on any atom is 0.146 e. The maximum atomic E-state index is 6.11. The van der Waals surface area contributed by atoms with E-state index in [-0.39, 0.29) is 16.2 Å². The number of para-hydroxylation sites is 4. The minimum absolute atomic E-state index is 0.118. The van der Waals surface area contributed by atoms with Crippen molar-refractivity contribution >= 4 is 121 Å². The molecule has 0 N–H and O–H groups in total. The molecule has 0 saturated carbocycles. The third-order valence-corrected chi connectivity index (χ3v) is 15.9. The van der Waals surface area contributed by atoms with Crippen LogP contribution in [-0.4, -0.2) is 13.8 Å². The van der Waals surface area contributed by atoms with Gasteiger partial charge in [0.2, 0.25) is 0 Å². The fraction of sp³-hybridized carbons (Fsp3) is 0.174. The number of hydrogen-bond acceptors (Lipinski definition) is 3. The Labute approximate surface area is 432 Å². The molecule has 5 nitrogen and oxygen atoms in total. The van der Waals surface area contributed by atoms with Gasteiger partial charge in [0.05, 0.1) is 44.5 Å². The van der Waals surface area contributed by atoms with E-state index in [0.717, 1.165) is 61.7 Å². The minimum Gasteiger partial charge on any atom is -0.308 e. The molecule has 5 heterocycles. The molecule has 0 saturated heterocycles. The van der Waals surface area contributed by atoms with Crippen LogP contribution < -0.4 is 9.80 Å². The Kier molecular flexibility index (Phi) is 9.31. The van der Waals surface area contributed by atoms with Gasteiger partial charge in [-0.2, -0.15) is 0 Å². The molecular weight excluding hydrogens is 899 g/mol. The lowest BCUT2D eigenvalue weighted by Crippen LogP contribution is -2.15. The van der Waals surface area contributed by atoms with Crippen molar-refractivity contribution in [2.45, 2.75) is 78.6 Å². The molecule has 14 rings (SSSR count). The highest BCUT2D eigenvalue weighted by atomic mass is 15.2. The van der Waals surface area contributed by atoms with Crippen LogP contribution in [0.5, 0.6) is 0 Å². The molecule has 0 fully saturated rings. The molecule has 9 aromatic carbocycles. The van der Waals surface area contributed by atoms with E-state index in [1.165, 1.54) is 76.3 Å². The van der Waals surface area contributed by atoms with E-state index < -0.39 is 0 Å². The Hall–Kier alpha value is -8.41. The number of anilines is 6. The summed E-state index contributed by atoms with van der Waals surface area (Å²) < 4.78 is 5.12. The summed E-state index contributed by atoms with van der Waals surface area (Å²) in [5, 5.41) is 11.0. The summed E-state index contributed by atoms with van der Waals surface area (Å²) in [7, 11) is 0. The van der Waals surface area contributed by atoms with Crippen molar-refractivity contribution in [3.63, 3.8) is 0 Å². The van der Waals surface area contributed by atoms with E-state index >= 15 is 0 Å². The summed E-state index contributed by atoms with van der Waals surface area (Å²) in [4.78, 5) is 11.0. The van der Waals surface area contributed by atoms with Crippen LogP contribution in [0.15, 0.2) is 194 Å². The first-order valence-electron chi connectivity index (χ1n) is 26.2. The van der Waals surface area contributed by atoms with Gasteiger partial charge in [0, 0.05) is 60.5 Å². The van der Waals surface area contributed by atoms with E-state index in [1.54, 1.807) is 0 Å². The molecule has 0 bridgehead atoms. The molecule has 74 heavy (non-hydrogen) atoms. The van der Waals surface area contributed by atoms with Crippen LogP contribution in [0, 0.1) is 0 Å². The van der Waals surface area contributed by atoms with Crippen molar-refractivity contribution in [1.82, 2.24) is 13.8 Å². The minimum atomic E-state index is -0.132. The smallest absolute Gasteiger partial charge is 0.146 e. The van der Waals surface area contributed by atoms with Gasteiger partial charge in [-0.05, 0) is 141 Å². The zero-order valence-corrected chi connectivity index (χ0v) is 43.7. The fourth-order valence-electron chi connectivity index (χ4n) is 12.1. The second kappa shape index (κ2) is 15.6. The van der Waals surface area contributed by atoms with Crippen molar-refractivity contribution in [2.24, 2.45) is 0 Å². The summed E-state index contributed by atoms with van der Waals surface area (Å²) in [6.45, 7) is 21.1. The van der Waals surface area contributed by atoms with Crippen molar-refractivity contribution in [3.8, 4) is 0 Å². The molecule has 0 aliphatic carbocycles. The Balaban J connectivity index is 1.21. The van der Waals surface area contributed by atoms with E-state index in [1.807, 2.05) is 0 Å². The lowest BCUT2D eigenvalue weighted by atomic mass is 9.84. The van der Waals surface area contributed by atoms with Crippen LogP contribution in [0.4, 0.5) is 34.1 Å². The zero-order chi connectivity index (χ0) is 50.6. The number of hydrogen-bond donors (Lipinski definition) is 0. The summed E-state index contributed by atoms with van der Waals surface area (Å²) in [6, 6.07) is 72.2. The quantitative estimate of drug-likeness (QED) is 0.166. The predicted octanol–water partition coefficient (Wildman–Crippen LogP) is 19.4. The molecule has 0 aliphatic heterocycles. The second-order valence-corrected chi connectivity index (χ2v) is 23.7. The van der Waals surface area contributed by atoms with Gasteiger partial charge in [-0.3, -0.25) is 4.40 Å². The van der Waals surface area contributed by atoms with Gasteiger partial charge >= 0.3 is 0 Å². The first kappa shape index (κ1) is 44.3. The molecule has 5 aromatic heterocycles. The molecule has 0 radical (unpaired) electrons. The molecule has 0 unspecified atom stereocenters. The monoisotopic (exact) mass is 957 g/mol. The van der Waals surface area contributed by atoms with Crippen LogP contribution >= 0.6 is 0 Å². The number of rotatable bonds is 6. The van der Waals surface area contributed by atoms with E-state index in [4.69, 9.17) is 4.98 Å². The number of fused-ring (bicyclic) bond motifs is 14. The summed E-state index contributed by atoms with van der Waals surface area (Å²) in [5.41, 5.74) is 18.0. The summed E-state index contributed by atoms with van der Waals surface area (Å²) in [6.07, 6.45) is 0. The molecular formula is C69H59N5. The Morgan fingerprint density at radius 1 is 0.338 bits per heavy atom. The SMILES string of the molecule is CC(C)(C)c1cc(N(c2ccccc2)c2ccccc2)c2c(c1)c1cc(C(C)(C)C)cc3c4cc5c(nc4n2c31)c1cc(C(C)(C)C)cc2c3c4ccccc4cc(N(c4ccccc4)c4ccccc4)c3n5c12. The number of aromatic nitrogens is 3. The molecule has 0 atom stereocenters. The highest BCUT2D eigenvalue weighted by Gasteiger charge is 2.32. The fourth-order valence-corrected chi connectivity index (χ4v) is 12.1. The molecule has 14 aromatic rings. The number of benzene rings is 9. The standard InChI is InChI=1S/C69H59N5/c1-67(2,3)43-35-51-52-37-45(69(7,8)9)40-59(72(48-29-18-12-19-30-48)49-31-20-13-21-32-49)64(52)74-62(51)53(36-43)54-41-57-61(70-66(54)74)56-39-44(68(4,5)6)38-55-60-50-33-23-22-24-42(50)34-58(65(60)73(57)63(55)56)71(46-25-14-10-15-26-46)47-27-16-11-17-28-47/h10-41H,1-9H3. The van der Waals surface area contributed by atoms with E-state index in [0.29, 0.717) is 0 Å². The van der Waals surface area contributed by atoms with Crippen molar-refractivity contribution < 1.29 is 0 Å². The van der Waals surface area contributed by atoms with Gasteiger partial charge in [0.25, 0.3) is 0 Å². The maximum absolute atomic E-state index is 6.11. The average Bonchev–Trinajstić information content (AvgIpc) is 4.12. The number of nitrogens with zero attached hydrogens (tertiary/aromatic N) is 5. The third-order valence-electron chi connectivity index (χ3n) is 15.9. The summed E-state index contributed by atoms with van der Waals surface area (Å²) >= 11 is 0. The topological polar surface area (TPSA) is 28.2 Å². The van der Waals surface area contributed by atoms with Crippen molar-refractivity contribution in [3.05, 3.63) is 211 Å². The highest BCUT2D eigenvalue weighted by Crippen LogP contribution is 2.52. The lowest BCUT2D eigenvalue weighted by Gasteiger charge is -2.29. The zero-order valence-electron chi connectivity index (χ0n) is 43.7. The average molecular weight is 958 g/mol. The Morgan fingerprint density at radius 3 is 1.26 bits per heavy atom. The van der Waals surface area contributed by atoms with Gasteiger partial charge in [-0.25, -0.2) is 4.98 Å². The highest BCUT2D eigenvalue weighted by molar-refractivity contribution is 6.33. The van der Waals surface area contributed by atoms with Crippen LogP contribution in [0.3, 0.4) is 0 Å². The van der Waals surface area contributed by atoms with Gasteiger partial charge in [-0.15, -0.1) is 0 Å². The first-order chi connectivity index (χ1) is 35.6. The third kappa shape index (κ3) is 6.45. The van der Waals surface area contributed by atoms with Gasteiger partial charge in [0.1, 0.15) is 5.65 Å². The summed E-state index contributed by atoms with van der Waals surface area (Å²) in [5.74, 6) is 0. The van der Waals surface area contributed by atoms with Crippen LogP contribution in [0.1, 0.15) is 79.0 Å². The molecule has 0 aliphatic rings. The van der Waals surface area contributed by atoms with Gasteiger partial charge < -0.3 is 14.2 Å². The number of pyridine rings is 1. The van der Waals surface area contributed by atoms with Crippen LogP contribution in [0.25, 0.3) is 87.2 Å². The van der Waals surface area contributed by atoms with E-state index in [2.05, 4.69) is 275 Å². The van der Waals surface area contributed by atoms with Gasteiger partial charge in [0.15, 0.2) is 0 Å². The van der Waals surface area contributed by atoms with Gasteiger partial charge in [-0.1, -0.05) is 159 Å². The molecule has 0 amide bonds. The molecule has 360 valence electrons. The van der Waals surface area contributed by atoms with Crippen LogP contribution in [0.2, 0.25) is 0 Å². The largest absolute Gasteiger partial charge is 0.308 e. The van der Waals surface area contributed by atoms with E-state index in [9.17, 15) is 0 Å². The predicted molar refractivity (Wildman–Crippen MR) is 317 cm³/mol. The van der Waals surface area contributed by atoms with Crippen molar-refractivity contribution in [1.29, 1.82) is 0 Å². The van der Waals surface area contributed by atoms with Crippen molar-refractivity contribution in [2.75, 3.05) is 9.80 Å². The van der Waals surface area contributed by atoms with Crippen LogP contribution in [-0.2, 0) is 16.2 Å². The Bertz CT molecular complexity index is 4430. The lowest BCUT2D eigenvalue weighted by molar-refractivity contribution is 0.591. The Morgan fingerprint density at radius 2 is 0.743 bits per heavy atom.